The highest BCUT2D eigenvalue weighted by Gasteiger charge is 2.22. The van der Waals surface area contributed by atoms with Gasteiger partial charge in [0.25, 0.3) is 0 Å². The Morgan fingerprint density at radius 1 is 1.00 bits per heavy atom. The molecule has 0 radical (unpaired) electrons. The largest absolute Gasteiger partial charge is 0.497 e. The lowest BCUT2D eigenvalue weighted by Gasteiger charge is -2.18. The van der Waals surface area contributed by atoms with Crippen molar-refractivity contribution in [3.05, 3.63) is 58.7 Å². The van der Waals surface area contributed by atoms with Crippen molar-refractivity contribution in [2.75, 3.05) is 14.2 Å². The molecule has 1 aliphatic rings. The number of hydrogen-bond acceptors (Lipinski definition) is 4. The molecule has 0 saturated carbocycles. The van der Waals surface area contributed by atoms with Crippen molar-refractivity contribution in [2.24, 2.45) is 0 Å². The number of alkyl halides is 2. The maximum atomic E-state index is 12.7. The zero-order chi connectivity index (χ0) is 18.7. The second-order valence-corrected chi connectivity index (χ2v) is 5.81. The fourth-order valence-corrected chi connectivity index (χ4v) is 2.99. The molecule has 0 heterocycles. The number of aryl methyl sites for hydroxylation is 1. The summed E-state index contributed by atoms with van der Waals surface area (Å²) < 4.78 is 39.8. The quantitative estimate of drug-likeness (QED) is 0.736. The van der Waals surface area contributed by atoms with Crippen LogP contribution in [0.1, 0.15) is 27.9 Å². The molecular formula is C20H18F2O4. The normalized spacial score (nSPS) is 15.1. The van der Waals surface area contributed by atoms with Gasteiger partial charge in [-0.15, -0.1) is 0 Å². The number of allylic oxidation sites excluding steroid dienone is 1. The van der Waals surface area contributed by atoms with E-state index in [0.29, 0.717) is 35.3 Å². The number of halogens is 2. The lowest BCUT2D eigenvalue weighted by atomic mass is 9.86. The maximum Gasteiger partial charge on any atom is 0.387 e. The number of hydrogen-bond donors (Lipinski definition) is 0. The van der Waals surface area contributed by atoms with Gasteiger partial charge in [0.15, 0.2) is 17.3 Å². The Bertz CT molecular complexity index is 859. The van der Waals surface area contributed by atoms with E-state index in [9.17, 15) is 13.6 Å². The summed E-state index contributed by atoms with van der Waals surface area (Å²) in [6.45, 7) is -2.95. The molecule has 0 atom stereocenters. The zero-order valence-electron chi connectivity index (χ0n) is 14.4. The molecule has 0 N–H and O–H groups in total. The number of fused-ring (bicyclic) bond motifs is 1. The predicted molar refractivity (Wildman–Crippen MR) is 93.2 cm³/mol. The van der Waals surface area contributed by atoms with Gasteiger partial charge in [-0.3, -0.25) is 4.79 Å². The van der Waals surface area contributed by atoms with E-state index in [1.54, 1.807) is 31.4 Å². The molecular weight excluding hydrogens is 342 g/mol. The Morgan fingerprint density at radius 2 is 1.81 bits per heavy atom. The van der Waals surface area contributed by atoms with Gasteiger partial charge in [0.1, 0.15) is 5.75 Å². The molecule has 0 unspecified atom stereocenters. The Kier molecular flexibility index (Phi) is 5.21. The van der Waals surface area contributed by atoms with Gasteiger partial charge in [0, 0.05) is 11.1 Å². The topological polar surface area (TPSA) is 44.8 Å². The molecule has 4 nitrogen and oxygen atoms in total. The first-order chi connectivity index (χ1) is 12.5. The molecule has 26 heavy (non-hydrogen) atoms. The van der Waals surface area contributed by atoms with Crippen molar-refractivity contribution in [1.29, 1.82) is 0 Å². The van der Waals surface area contributed by atoms with Crippen LogP contribution in [0, 0.1) is 0 Å². The fourth-order valence-electron chi connectivity index (χ4n) is 2.99. The van der Waals surface area contributed by atoms with Gasteiger partial charge in [-0.25, -0.2) is 0 Å². The van der Waals surface area contributed by atoms with Crippen LogP contribution in [0.3, 0.4) is 0 Å². The third kappa shape index (κ3) is 3.69. The number of ketones is 1. The minimum absolute atomic E-state index is 0.0646. The highest BCUT2D eigenvalue weighted by atomic mass is 19.3. The third-order valence-electron chi connectivity index (χ3n) is 4.26. The van der Waals surface area contributed by atoms with Gasteiger partial charge < -0.3 is 14.2 Å². The van der Waals surface area contributed by atoms with Crippen molar-refractivity contribution < 1.29 is 27.8 Å². The van der Waals surface area contributed by atoms with Crippen molar-refractivity contribution in [3.63, 3.8) is 0 Å². The predicted octanol–water partition coefficient (Wildman–Crippen LogP) is 4.52. The summed E-state index contributed by atoms with van der Waals surface area (Å²) in [5.74, 6) is 0.791. The molecule has 0 saturated heterocycles. The minimum Gasteiger partial charge on any atom is -0.497 e. The summed E-state index contributed by atoms with van der Waals surface area (Å²) in [5.41, 5.74) is 2.81. The molecule has 0 fully saturated rings. The van der Waals surface area contributed by atoms with Gasteiger partial charge in [-0.1, -0.05) is 6.07 Å². The molecule has 3 rings (SSSR count). The Hall–Kier alpha value is -2.89. The molecule has 0 aliphatic heterocycles. The summed E-state index contributed by atoms with van der Waals surface area (Å²) in [7, 11) is 2.96. The average Bonchev–Trinajstić information content (AvgIpc) is 2.63. The highest BCUT2D eigenvalue weighted by molar-refractivity contribution is 6.13. The summed E-state index contributed by atoms with van der Waals surface area (Å²) in [6, 6.07) is 10.0. The third-order valence-corrected chi connectivity index (χ3v) is 4.26. The van der Waals surface area contributed by atoms with E-state index in [0.717, 1.165) is 5.56 Å². The lowest BCUT2D eigenvalue weighted by molar-refractivity contribution is -0.0512. The number of Topliss-reactive ketones (excluding diaryl/α,β-unsaturated/α-hetero) is 1. The summed E-state index contributed by atoms with van der Waals surface area (Å²) in [4.78, 5) is 12.7. The second kappa shape index (κ2) is 7.56. The lowest BCUT2D eigenvalue weighted by Crippen LogP contribution is -2.14. The minimum atomic E-state index is -2.95. The standard InChI is InChI=1S/C20H18F2O4/c1-24-15-6-7-16-13(11-15)4-5-14(19(16)23)9-12-3-8-17(25-2)18(10-12)26-20(21)22/h3,6-11,20H,4-5H2,1-2H3. The molecule has 136 valence electrons. The number of carbonyl (C=O) groups excluding carboxylic acids is 1. The van der Waals surface area contributed by atoms with Gasteiger partial charge >= 0.3 is 6.61 Å². The van der Waals surface area contributed by atoms with Crippen LogP contribution >= 0.6 is 0 Å². The van der Waals surface area contributed by atoms with Crippen LogP contribution in [0.4, 0.5) is 8.78 Å². The van der Waals surface area contributed by atoms with Crippen LogP contribution in [0.25, 0.3) is 6.08 Å². The van der Waals surface area contributed by atoms with E-state index in [2.05, 4.69) is 4.74 Å². The highest BCUT2D eigenvalue weighted by Crippen LogP contribution is 2.33. The van der Waals surface area contributed by atoms with Crippen molar-refractivity contribution in [2.45, 2.75) is 19.5 Å². The molecule has 6 heteroatoms. The van der Waals surface area contributed by atoms with E-state index < -0.39 is 6.61 Å². The smallest absolute Gasteiger partial charge is 0.387 e. The molecule has 0 bridgehead atoms. The van der Waals surface area contributed by atoms with Crippen LogP contribution in [0.15, 0.2) is 42.0 Å². The van der Waals surface area contributed by atoms with Crippen LogP contribution in [0.2, 0.25) is 0 Å². The van der Waals surface area contributed by atoms with Gasteiger partial charge in [-0.2, -0.15) is 8.78 Å². The van der Waals surface area contributed by atoms with Crippen LogP contribution in [0.5, 0.6) is 17.2 Å². The zero-order valence-corrected chi connectivity index (χ0v) is 14.4. The molecule has 1 aliphatic carbocycles. The first kappa shape index (κ1) is 17.9. The number of methoxy groups -OCH3 is 2. The maximum absolute atomic E-state index is 12.7. The van der Waals surface area contributed by atoms with Gasteiger partial charge in [0.05, 0.1) is 14.2 Å². The second-order valence-electron chi connectivity index (χ2n) is 5.81. The van der Waals surface area contributed by atoms with E-state index in [1.165, 1.54) is 19.2 Å². The summed E-state index contributed by atoms with van der Waals surface area (Å²) >= 11 is 0. The van der Waals surface area contributed by atoms with Crippen molar-refractivity contribution in [1.82, 2.24) is 0 Å². The van der Waals surface area contributed by atoms with Crippen molar-refractivity contribution >= 4 is 11.9 Å². The molecule has 2 aromatic carbocycles. The number of ether oxygens (including phenoxy) is 3. The summed E-state index contributed by atoms with van der Waals surface area (Å²) in [6.07, 6.45) is 2.98. The Morgan fingerprint density at radius 3 is 2.50 bits per heavy atom. The SMILES string of the molecule is COc1ccc2c(c1)CCC(=Cc1ccc(OC)c(OC(F)F)c1)C2=O. The van der Waals surface area contributed by atoms with Gasteiger partial charge in [-0.05, 0) is 60.4 Å². The van der Waals surface area contributed by atoms with Crippen LogP contribution in [-0.4, -0.2) is 26.6 Å². The van der Waals surface area contributed by atoms with Crippen molar-refractivity contribution in [3.8, 4) is 17.2 Å². The first-order valence-corrected chi connectivity index (χ1v) is 8.07. The Labute approximate surface area is 150 Å². The molecule has 0 aromatic heterocycles. The van der Waals surface area contributed by atoms with Crippen LogP contribution < -0.4 is 14.2 Å². The van der Waals surface area contributed by atoms with E-state index >= 15 is 0 Å². The van der Waals surface area contributed by atoms with E-state index in [-0.39, 0.29) is 17.3 Å². The Balaban J connectivity index is 1.91. The molecule has 0 spiro atoms. The monoisotopic (exact) mass is 360 g/mol. The van der Waals surface area contributed by atoms with Gasteiger partial charge in [0.2, 0.25) is 0 Å². The number of rotatable bonds is 5. The number of benzene rings is 2. The molecule has 0 amide bonds. The molecule has 2 aromatic rings. The fraction of sp³-hybridized carbons (Fsp3) is 0.250. The summed E-state index contributed by atoms with van der Waals surface area (Å²) in [5, 5.41) is 0. The van der Waals surface area contributed by atoms with E-state index in [1.807, 2.05) is 6.07 Å². The van der Waals surface area contributed by atoms with E-state index in [4.69, 9.17) is 9.47 Å². The first-order valence-electron chi connectivity index (χ1n) is 8.07. The van der Waals surface area contributed by atoms with Crippen LogP contribution in [-0.2, 0) is 6.42 Å². The number of carbonyl (C=O) groups is 1. The average molecular weight is 360 g/mol.